The Morgan fingerprint density at radius 1 is 1.33 bits per heavy atom. The van der Waals surface area contributed by atoms with E-state index in [1.807, 2.05) is 0 Å². The van der Waals surface area contributed by atoms with E-state index in [9.17, 15) is 35.2 Å². The fraction of sp³-hybridized carbons (Fsp3) is 0.300. The molecule has 1 rings (SSSR count). The molecular formula is C10H9F5N2O3S. The van der Waals surface area contributed by atoms with Gasteiger partial charge < -0.3 is 5.32 Å². The van der Waals surface area contributed by atoms with Crippen molar-refractivity contribution in [2.24, 2.45) is 5.14 Å². The molecule has 11 heteroatoms. The molecule has 0 unspecified atom stereocenters. The van der Waals surface area contributed by atoms with Gasteiger partial charge in [0.25, 0.3) is 5.91 Å². The second kappa shape index (κ2) is 5.93. The zero-order valence-electron chi connectivity index (χ0n) is 10.1. The summed E-state index contributed by atoms with van der Waals surface area (Å²) in [7, 11) is -4.47. The molecular weight excluding hydrogens is 323 g/mol. The highest BCUT2D eigenvalue weighted by molar-refractivity contribution is 7.89. The molecule has 0 aromatic heterocycles. The van der Waals surface area contributed by atoms with Gasteiger partial charge in [0.05, 0.1) is 6.54 Å². The lowest BCUT2D eigenvalue weighted by atomic mass is 10.2. The second-order valence-corrected chi connectivity index (χ2v) is 5.46. The van der Waals surface area contributed by atoms with E-state index in [0.29, 0.717) is 12.1 Å². The van der Waals surface area contributed by atoms with E-state index in [2.05, 4.69) is 0 Å². The average molecular weight is 332 g/mol. The molecule has 0 aliphatic heterocycles. The third-order valence-corrected chi connectivity index (χ3v) is 3.23. The van der Waals surface area contributed by atoms with E-state index in [1.165, 1.54) is 5.32 Å². The fourth-order valence-corrected chi connectivity index (χ4v) is 1.87. The van der Waals surface area contributed by atoms with Crippen molar-refractivity contribution < 1.29 is 35.2 Å². The Kier molecular flexibility index (Phi) is 4.89. The first-order chi connectivity index (χ1) is 9.45. The fourth-order valence-electron chi connectivity index (χ4n) is 1.24. The predicted molar refractivity (Wildman–Crippen MR) is 61.1 cm³/mol. The third kappa shape index (κ3) is 4.36. The predicted octanol–water partition coefficient (Wildman–Crippen LogP) is 1.10. The highest BCUT2D eigenvalue weighted by Gasteiger charge is 2.40. The first-order valence-corrected chi connectivity index (χ1v) is 6.76. The van der Waals surface area contributed by atoms with Gasteiger partial charge in [-0.1, -0.05) is 0 Å². The van der Waals surface area contributed by atoms with Crippen LogP contribution in [0.4, 0.5) is 22.0 Å². The molecule has 1 aromatic carbocycles. The quantitative estimate of drug-likeness (QED) is 0.792. The summed E-state index contributed by atoms with van der Waals surface area (Å²) in [6.07, 6.45) is -3.98. The van der Waals surface area contributed by atoms with Crippen molar-refractivity contribution in [2.45, 2.75) is 17.2 Å². The molecule has 0 bridgehead atoms. The molecule has 0 fully saturated rings. The first-order valence-electron chi connectivity index (χ1n) is 5.21. The van der Waals surface area contributed by atoms with Gasteiger partial charge in [-0.3, -0.25) is 4.79 Å². The van der Waals surface area contributed by atoms with Crippen molar-refractivity contribution in [2.75, 3.05) is 6.54 Å². The maximum Gasteiger partial charge on any atom is 0.324 e. The van der Waals surface area contributed by atoms with Gasteiger partial charge in [-0.05, 0) is 18.2 Å². The summed E-state index contributed by atoms with van der Waals surface area (Å²) >= 11 is 0. The number of carbonyl (C=O) groups excluding carboxylic acids is 1. The number of halogens is 5. The van der Waals surface area contributed by atoms with Crippen molar-refractivity contribution in [3.05, 3.63) is 29.6 Å². The molecule has 0 aliphatic rings. The minimum absolute atomic E-state index is 0.514. The van der Waals surface area contributed by atoms with Gasteiger partial charge >= 0.3 is 12.3 Å². The largest absolute Gasteiger partial charge is 0.346 e. The van der Waals surface area contributed by atoms with Crippen LogP contribution in [0.1, 0.15) is 10.4 Å². The van der Waals surface area contributed by atoms with Gasteiger partial charge in [0.1, 0.15) is 10.7 Å². The molecule has 0 heterocycles. The van der Waals surface area contributed by atoms with Crippen LogP contribution in [-0.2, 0) is 10.0 Å². The maximum absolute atomic E-state index is 13.2. The summed E-state index contributed by atoms with van der Waals surface area (Å²) in [5.74, 6) is -6.97. The van der Waals surface area contributed by atoms with Crippen LogP contribution in [0.15, 0.2) is 23.1 Å². The van der Waals surface area contributed by atoms with E-state index < -0.39 is 51.1 Å². The lowest BCUT2D eigenvalue weighted by molar-refractivity contribution is -0.123. The summed E-state index contributed by atoms with van der Waals surface area (Å²) < 4.78 is 84.3. The van der Waals surface area contributed by atoms with E-state index in [0.717, 1.165) is 6.07 Å². The number of hydrogen-bond donors (Lipinski definition) is 2. The molecule has 0 aliphatic carbocycles. The summed E-state index contributed by atoms with van der Waals surface area (Å²) in [4.78, 5) is 10.4. The molecule has 0 saturated carbocycles. The second-order valence-electron chi connectivity index (χ2n) is 3.93. The number of nitrogens with two attached hydrogens (primary N) is 1. The molecule has 1 aromatic rings. The molecule has 3 N–H and O–H groups in total. The Bertz CT molecular complexity index is 648. The number of alkyl halides is 4. The van der Waals surface area contributed by atoms with E-state index in [-0.39, 0.29) is 0 Å². The van der Waals surface area contributed by atoms with Crippen molar-refractivity contribution in [3.63, 3.8) is 0 Å². The smallest absolute Gasteiger partial charge is 0.324 e. The topological polar surface area (TPSA) is 89.3 Å². The van der Waals surface area contributed by atoms with Crippen molar-refractivity contribution in [3.8, 4) is 0 Å². The zero-order valence-corrected chi connectivity index (χ0v) is 10.9. The van der Waals surface area contributed by atoms with Crippen LogP contribution in [0.25, 0.3) is 0 Å². The van der Waals surface area contributed by atoms with Crippen molar-refractivity contribution >= 4 is 15.9 Å². The van der Waals surface area contributed by atoms with Crippen LogP contribution in [0.3, 0.4) is 0 Å². The molecule has 0 radical (unpaired) electrons. The molecule has 21 heavy (non-hydrogen) atoms. The zero-order chi connectivity index (χ0) is 16.4. The first kappa shape index (κ1) is 17.3. The Morgan fingerprint density at radius 3 is 2.38 bits per heavy atom. The average Bonchev–Trinajstić information content (AvgIpc) is 2.35. The van der Waals surface area contributed by atoms with E-state index >= 15 is 0 Å². The van der Waals surface area contributed by atoms with Gasteiger partial charge in [-0.15, -0.1) is 0 Å². The summed E-state index contributed by atoms with van der Waals surface area (Å²) in [6, 6.07) is 1.89. The minimum Gasteiger partial charge on any atom is -0.346 e. The van der Waals surface area contributed by atoms with Gasteiger partial charge in [-0.25, -0.2) is 26.7 Å². The highest BCUT2D eigenvalue weighted by atomic mass is 32.2. The van der Waals surface area contributed by atoms with E-state index in [1.54, 1.807) is 0 Å². The Labute approximate surface area is 116 Å². The van der Waals surface area contributed by atoms with Gasteiger partial charge in [0, 0.05) is 5.56 Å². The monoisotopic (exact) mass is 332 g/mol. The SMILES string of the molecule is NS(=O)(=O)c1cc(C(=O)NCC(F)(F)C(F)F)ccc1F. The van der Waals surface area contributed by atoms with Gasteiger partial charge in [0.2, 0.25) is 10.0 Å². The Hall–Kier alpha value is -1.75. The number of carbonyl (C=O) groups is 1. The summed E-state index contributed by atoms with van der Waals surface area (Å²) in [5, 5.41) is 6.18. The van der Waals surface area contributed by atoms with Crippen LogP contribution in [0.2, 0.25) is 0 Å². The van der Waals surface area contributed by atoms with Gasteiger partial charge in [0.15, 0.2) is 0 Å². The number of sulfonamides is 1. The number of amides is 1. The number of hydrogen-bond acceptors (Lipinski definition) is 3. The normalized spacial score (nSPS) is 12.5. The van der Waals surface area contributed by atoms with Crippen LogP contribution in [0, 0.1) is 5.82 Å². The molecule has 0 saturated heterocycles. The summed E-state index contributed by atoms with van der Waals surface area (Å²) in [6.45, 7) is -1.66. The molecule has 118 valence electrons. The molecule has 5 nitrogen and oxygen atoms in total. The standard InChI is InChI=1S/C10H9F5N2O3S/c11-6-2-1-5(3-7(6)21(16,19)20)8(18)17-4-10(14,15)9(12)13/h1-3,9H,4H2,(H,17,18)(H2,16,19,20). The Morgan fingerprint density at radius 2 is 1.90 bits per heavy atom. The third-order valence-electron chi connectivity index (χ3n) is 2.30. The molecule has 1 amide bonds. The van der Waals surface area contributed by atoms with Crippen LogP contribution >= 0.6 is 0 Å². The number of benzene rings is 1. The highest BCUT2D eigenvalue weighted by Crippen LogP contribution is 2.22. The van der Waals surface area contributed by atoms with Crippen LogP contribution < -0.4 is 10.5 Å². The minimum atomic E-state index is -4.47. The molecule has 0 atom stereocenters. The lowest BCUT2D eigenvalue weighted by Gasteiger charge is -2.15. The van der Waals surface area contributed by atoms with E-state index in [4.69, 9.17) is 5.14 Å². The number of primary sulfonamides is 1. The van der Waals surface area contributed by atoms with Crippen molar-refractivity contribution in [1.82, 2.24) is 5.32 Å². The Balaban J connectivity index is 2.95. The number of rotatable bonds is 5. The maximum atomic E-state index is 13.2. The van der Waals surface area contributed by atoms with Gasteiger partial charge in [-0.2, -0.15) is 8.78 Å². The number of nitrogens with one attached hydrogen (secondary N) is 1. The summed E-state index contributed by atoms with van der Waals surface area (Å²) in [5.41, 5.74) is -0.523. The van der Waals surface area contributed by atoms with Crippen LogP contribution in [0.5, 0.6) is 0 Å². The van der Waals surface area contributed by atoms with Crippen molar-refractivity contribution in [1.29, 1.82) is 0 Å². The van der Waals surface area contributed by atoms with Crippen LogP contribution in [-0.4, -0.2) is 33.2 Å². The molecule has 0 spiro atoms. The lowest BCUT2D eigenvalue weighted by Crippen LogP contribution is -2.41.